The molecule has 0 unspecified atom stereocenters. The molecule has 0 radical (unpaired) electrons. The molecule has 0 amide bonds. The number of esters is 1. The van der Waals surface area contributed by atoms with Gasteiger partial charge in [0.15, 0.2) is 4.71 Å². The standard InChI is InChI=1S/C22H31NO3S/c1-3-21(24)25-16-12-8-6-5-7-11-15-23(4-2)19-17-22(27)26-20-14-10-9-13-18(19)20/h9-10,13-14,17H,3-8,11-12,15-16H2,1-2H3. The number of rotatable bonds is 12. The summed E-state index contributed by atoms with van der Waals surface area (Å²) in [5, 5.41) is 1.12. The van der Waals surface area contributed by atoms with Gasteiger partial charge in [-0.25, -0.2) is 0 Å². The van der Waals surface area contributed by atoms with Gasteiger partial charge >= 0.3 is 5.97 Å². The van der Waals surface area contributed by atoms with Crippen LogP contribution >= 0.6 is 12.2 Å². The highest BCUT2D eigenvalue weighted by molar-refractivity contribution is 7.71. The van der Waals surface area contributed by atoms with Gasteiger partial charge < -0.3 is 14.1 Å². The summed E-state index contributed by atoms with van der Waals surface area (Å²) in [6.07, 6.45) is 7.33. The van der Waals surface area contributed by atoms with Crippen molar-refractivity contribution in [1.29, 1.82) is 0 Å². The van der Waals surface area contributed by atoms with Gasteiger partial charge in [-0.05, 0) is 44.1 Å². The third-order valence-corrected chi connectivity index (χ3v) is 4.93. The normalized spacial score (nSPS) is 10.9. The van der Waals surface area contributed by atoms with Crippen LogP contribution in [0.15, 0.2) is 34.7 Å². The van der Waals surface area contributed by atoms with Gasteiger partial charge in [0, 0.05) is 31.0 Å². The number of unbranched alkanes of at least 4 members (excludes halogenated alkanes) is 5. The summed E-state index contributed by atoms with van der Waals surface area (Å²) in [5.74, 6) is -0.0990. The van der Waals surface area contributed by atoms with E-state index < -0.39 is 0 Å². The van der Waals surface area contributed by atoms with Crippen LogP contribution in [0.1, 0.15) is 58.8 Å². The highest BCUT2D eigenvalue weighted by atomic mass is 32.1. The zero-order valence-electron chi connectivity index (χ0n) is 16.5. The van der Waals surface area contributed by atoms with Crippen molar-refractivity contribution in [2.45, 2.75) is 58.8 Å². The van der Waals surface area contributed by atoms with Crippen LogP contribution in [0.3, 0.4) is 0 Å². The molecule has 0 fully saturated rings. The third-order valence-electron chi connectivity index (χ3n) is 4.72. The molecule has 0 aliphatic carbocycles. The lowest BCUT2D eigenvalue weighted by atomic mass is 10.1. The number of nitrogens with zero attached hydrogens (tertiary/aromatic N) is 1. The van der Waals surface area contributed by atoms with E-state index in [4.69, 9.17) is 21.4 Å². The van der Waals surface area contributed by atoms with Gasteiger partial charge in [0.05, 0.1) is 12.3 Å². The average molecular weight is 390 g/mol. The molecule has 0 atom stereocenters. The molecule has 0 spiro atoms. The second kappa shape index (κ2) is 11.8. The molecule has 2 rings (SSSR count). The SMILES string of the molecule is CCC(=O)OCCCCCCCCN(CC)c1cc(=S)oc2ccccc12. The van der Waals surface area contributed by atoms with E-state index >= 15 is 0 Å². The maximum Gasteiger partial charge on any atom is 0.305 e. The molecule has 1 aromatic heterocycles. The summed E-state index contributed by atoms with van der Waals surface area (Å²) in [6.45, 7) is 6.54. The highest BCUT2D eigenvalue weighted by Gasteiger charge is 2.10. The van der Waals surface area contributed by atoms with Crippen LogP contribution in [0.2, 0.25) is 0 Å². The van der Waals surface area contributed by atoms with E-state index in [2.05, 4.69) is 17.9 Å². The van der Waals surface area contributed by atoms with E-state index in [0.29, 0.717) is 17.7 Å². The Balaban J connectivity index is 1.74. The number of anilines is 1. The molecule has 1 heterocycles. The van der Waals surface area contributed by atoms with Crippen LogP contribution in [-0.2, 0) is 9.53 Å². The maximum atomic E-state index is 11.1. The van der Waals surface area contributed by atoms with Crippen LogP contribution in [0.5, 0.6) is 0 Å². The van der Waals surface area contributed by atoms with Gasteiger partial charge in [-0.3, -0.25) is 4.79 Å². The predicted molar refractivity (Wildman–Crippen MR) is 114 cm³/mol. The minimum atomic E-state index is -0.0990. The minimum absolute atomic E-state index is 0.0990. The van der Waals surface area contributed by atoms with E-state index in [1.165, 1.54) is 24.9 Å². The topological polar surface area (TPSA) is 42.7 Å². The number of carbonyl (C=O) groups excluding carboxylic acids is 1. The first-order valence-electron chi connectivity index (χ1n) is 10.1. The van der Waals surface area contributed by atoms with Crippen LogP contribution < -0.4 is 4.90 Å². The van der Waals surface area contributed by atoms with Crippen LogP contribution in [0.25, 0.3) is 11.0 Å². The molecule has 0 saturated heterocycles. The van der Waals surface area contributed by atoms with Crippen molar-refractivity contribution >= 4 is 34.8 Å². The van der Waals surface area contributed by atoms with Gasteiger partial charge in [0.2, 0.25) is 0 Å². The third kappa shape index (κ3) is 6.98. The number of benzene rings is 1. The summed E-state index contributed by atoms with van der Waals surface area (Å²) >= 11 is 5.30. The fourth-order valence-corrected chi connectivity index (χ4v) is 3.41. The average Bonchev–Trinajstić information content (AvgIpc) is 2.68. The Morgan fingerprint density at radius 3 is 2.52 bits per heavy atom. The lowest BCUT2D eigenvalue weighted by Gasteiger charge is -2.24. The van der Waals surface area contributed by atoms with Crippen molar-refractivity contribution in [2.75, 3.05) is 24.6 Å². The first kappa shape index (κ1) is 21.4. The first-order chi connectivity index (χ1) is 13.2. The Labute approximate surface area is 167 Å². The van der Waals surface area contributed by atoms with Crippen molar-refractivity contribution < 1.29 is 13.9 Å². The second-order valence-electron chi connectivity index (χ2n) is 6.72. The number of para-hydroxylation sites is 1. The number of hydrogen-bond acceptors (Lipinski definition) is 5. The molecular weight excluding hydrogens is 358 g/mol. The number of hydrogen-bond donors (Lipinski definition) is 0. The van der Waals surface area contributed by atoms with E-state index in [1.807, 2.05) is 31.2 Å². The number of ether oxygens (including phenoxy) is 1. The molecule has 0 bridgehead atoms. The summed E-state index contributed by atoms with van der Waals surface area (Å²) in [7, 11) is 0. The molecular formula is C22H31NO3S. The second-order valence-corrected chi connectivity index (χ2v) is 7.12. The summed E-state index contributed by atoms with van der Waals surface area (Å²) in [5.41, 5.74) is 2.02. The van der Waals surface area contributed by atoms with Crippen molar-refractivity contribution in [3.05, 3.63) is 35.0 Å². The minimum Gasteiger partial charge on any atom is -0.466 e. The van der Waals surface area contributed by atoms with Crippen molar-refractivity contribution in [3.63, 3.8) is 0 Å². The lowest BCUT2D eigenvalue weighted by molar-refractivity contribution is -0.143. The Hall–Kier alpha value is -1.88. The molecule has 5 heteroatoms. The molecule has 2 aromatic rings. The molecule has 0 aliphatic rings. The molecule has 1 aromatic carbocycles. The predicted octanol–water partition coefficient (Wildman–Crippen LogP) is 6.28. The number of fused-ring (bicyclic) bond motifs is 1. The first-order valence-corrected chi connectivity index (χ1v) is 10.5. The molecule has 27 heavy (non-hydrogen) atoms. The van der Waals surface area contributed by atoms with E-state index in [0.717, 1.165) is 43.3 Å². The van der Waals surface area contributed by atoms with Crippen molar-refractivity contribution in [3.8, 4) is 0 Å². The maximum absolute atomic E-state index is 11.1. The largest absolute Gasteiger partial charge is 0.466 e. The zero-order chi connectivity index (χ0) is 19.5. The quantitative estimate of drug-likeness (QED) is 0.243. The molecule has 148 valence electrons. The van der Waals surface area contributed by atoms with E-state index in [-0.39, 0.29) is 5.97 Å². The number of carbonyl (C=O) groups is 1. The smallest absolute Gasteiger partial charge is 0.305 e. The summed E-state index contributed by atoms with van der Waals surface area (Å²) in [6, 6.07) is 10.1. The summed E-state index contributed by atoms with van der Waals surface area (Å²) < 4.78 is 11.3. The molecule has 0 aliphatic heterocycles. The van der Waals surface area contributed by atoms with Crippen LogP contribution in [-0.4, -0.2) is 25.7 Å². The van der Waals surface area contributed by atoms with E-state index in [1.54, 1.807) is 0 Å². The highest BCUT2D eigenvalue weighted by Crippen LogP contribution is 2.27. The van der Waals surface area contributed by atoms with Gasteiger partial charge in [0.25, 0.3) is 0 Å². The zero-order valence-corrected chi connectivity index (χ0v) is 17.4. The van der Waals surface area contributed by atoms with Gasteiger partial charge in [-0.2, -0.15) is 0 Å². The van der Waals surface area contributed by atoms with Crippen LogP contribution in [0.4, 0.5) is 5.69 Å². The Bertz CT molecular complexity index is 771. The van der Waals surface area contributed by atoms with Gasteiger partial charge in [0.1, 0.15) is 5.58 Å². The van der Waals surface area contributed by atoms with Crippen molar-refractivity contribution in [1.82, 2.24) is 0 Å². The Kier molecular flexibility index (Phi) is 9.32. The fourth-order valence-electron chi connectivity index (χ4n) is 3.20. The lowest BCUT2D eigenvalue weighted by Crippen LogP contribution is -2.24. The molecule has 0 N–H and O–H groups in total. The summed E-state index contributed by atoms with van der Waals surface area (Å²) in [4.78, 5) is 13.4. The molecule has 4 nitrogen and oxygen atoms in total. The van der Waals surface area contributed by atoms with Gasteiger partial charge in [-0.1, -0.05) is 44.7 Å². The Morgan fingerprint density at radius 2 is 1.78 bits per heavy atom. The van der Waals surface area contributed by atoms with Crippen LogP contribution in [0, 0.1) is 4.71 Å². The Morgan fingerprint density at radius 1 is 1.07 bits per heavy atom. The fraction of sp³-hybridized carbons (Fsp3) is 0.545. The van der Waals surface area contributed by atoms with Crippen molar-refractivity contribution in [2.24, 2.45) is 0 Å². The monoisotopic (exact) mass is 389 g/mol. The van der Waals surface area contributed by atoms with E-state index in [9.17, 15) is 4.79 Å². The molecule has 0 saturated carbocycles. The van der Waals surface area contributed by atoms with Gasteiger partial charge in [-0.15, -0.1) is 0 Å².